The number of guanidine groups is 1. The molecule has 10 heteroatoms. The van der Waals surface area contributed by atoms with Crippen molar-refractivity contribution in [3.05, 3.63) is 118 Å². The Morgan fingerprint density at radius 3 is 2.15 bits per heavy atom. The van der Waals surface area contributed by atoms with Gasteiger partial charge >= 0.3 is 5.97 Å². The normalized spacial score (nSPS) is 12.0. The third-order valence-electron chi connectivity index (χ3n) is 5.53. The van der Waals surface area contributed by atoms with Crippen LogP contribution in [0, 0.1) is 0 Å². The van der Waals surface area contributed by atoms with E-state index in [0.29, 0.717) is 11.3 Å². The first-order valence-corrected chi connectivity index (χ1v) is 13.4. The Kier molecular flexibility index (Phi) is 9.49. The maximum absolute atomic E-state index is 12.6. The van der Waals surface area contributed by atoms with Crippen molar-refractivity contribution in [2.45, 2.75) is 22.3 Å². The second-order valence-corrected chi connectivity index (χ2v) is 10.3. The van der Waals surface area contributed by atoms with Crippen molar-refractivity contribution in [2.24, 2.45) is 10.7 Å². The average molecular weight is 580 g/mol. The third-order valence-corrected chi connectivity index (χ3v) is 7.25. The summed E-state index contributed by atoms with van der Waals surface area (Å²) in [6.07, 6.45) is 0.0999. The zero-order valence-corrected chi connectivity index (χ0v) is 22.8. The number of amides is 1. The molecule has 0 radical (unpaired) electrons. The highest BCUT2D eigenvalue weighted by Crippen LogP contribution is 2.33. The zero-order valence-electron chi connectivity index (χ0n) is 20.5. The second kappa shape index (κ2) is 13.2. The summed E-state index contributed by atoms with van der Waals surface area (Å²) in [4.78, 5) is 30.8. The maximum atomic E-state index is 12.6. The summed E-state index contributed by atoms with van der Waals surface area (Å²) < 4.78 is 0. The van der Waals surface area contributed by atoms with E-state index in [4.69, 9.17) is 28.9 Å². The lowest BCUT2D eigenvalue weighted by Gasteiger charge is -2.14. The molecule has 4 aromatic carbocycles. The standard InChI is InChI=1S/C29H24Cl2N4O3S/c30-21-9-6-10-22(31)26(21)27(36)33-19-15-13-18(14-16-19)17-24(28(37)38)35-29(32)34-23-11-4-5-12-25(23)39-20-7-2-1-3-8-20/h1-16,24H,17H2,(H,33,36)(H,37,38)(H3,32,34,35)/t24-/m0/s1. The van der Waals surface area contributed by atoms with Crippen molar-refractivity contribution < 1.29 is 14.7 Å². The van der Waals surface area contributed by atoms with Gasteiger partial charge in [-0.3, -0.25) is 4.79 Å². The summed E-state index contributed by atoms with van der Waals surface area (Å²) in [6, 6.07) is 27.9. The number of carbonyl (C=O) groups excluding carboxylic acids is 1. The molecule has 1 atom stereocenters. The van der Waals surface area contributed by atoms with E-state index in [0.717, 1.165) is 15.5 Å². The minimum absolute atomic E-state index is 0.0102. The molecule has 0 heterocycles. The lowest BCUT2D eigenvalue weighted by Crippen LogP contribution is -2.29. The fourth-order valence-electron chi connectivity index (χ4n) is 3.66. The number of carboxylic acids is 1. The van der Waals surface area contributed by atoms with Crippen LogP contribution in [0.15, 0.2) is 112 Å². The van der Waals surface area contributed by atoms with E-state index in [1.54, 1.807) is 54.2 Å². The van der Waals surface area contributed by atoms with E-state index in [9.17, 15) is 14.7 Å². The summed E-state index contributed by atoms with van der Waals surface area (Å²) in [7, 11) is 0. The predicted molar refractivity (Wildman–Crippen MR) is 158 cm³/mol. The van der Waals surface area contributed by atoms with E-state index in [-0.39, 0.29) is 28.0 Å². The number of nitrogens with zero attached hydrogens (tertiary/aromatic N) is 1. The van der Waals surface area contributed by atoms with E-state index in [2.05, 4.69) is 15.6 Å². The van der Waals surface area contributed by atoms with Gasteiger partial charge in [0.05, 0.1) is 21.3 Å². The van der Waals surface area contributed by atoms with Crippen LogP contribution in [0.4, 0.5) is 11.4 Å². The first-order valence-electron chi connectivity index (χ1n) is 11.8. The van der Waals surface area contributed by atoms with Gasteiger partial charge < -0.3 is 21.5 Å². The van der Waals surface area contributed by atoms with Gasteiger partial charge in [0.2, 0.25) is 0 Å². The Labute approximate surface area is 240 Å². The summed E-state index contributed by atoms with van der Waals surface area (Å²) in [5.74, 6) is -1.57. The molecule has 39 heavy (non-hydrogen) atoms. The number of aliphatic carboxylic acids is 1. The molecule has 4 aromatic rings. The second-order valence-electron chi connectivity index (χ2n) is 8.36. The van der Waals surface area contributed by atoms with Crippen LogP contribution in [0.1, 0.15) is 15.9 Å². The maximum Gasteiger partial charge on any atom is 0.328 e. The highest BCUT2D eigenvalue weighted by molar-refractivity contribution is 7.99. The molecule has 7 nitrogen and oxygen atoms in total. The molecule has 0 bridgehead atoms. The van der Waals surface area contributed by atoms with Crippen LogP contribution >= 0.6 is 35.0 Å². The SMILES string of the molecule is NC(=N[C@@H](Cc1ccc(NC(=O)c2c(Cl)cccc2Cl)cc1)C(=O)O)Nc1ccccc1Sc1ccccc1. The lowest BCUT2D eigenvalue weighted by molar-refractivity contribution is -0.138. The minimum atomic E-state index is -1.12. The van der Waals surface area contributed by atoms with Gasteiger partial charge in [0.15, 0.2) is 12.0 Å². The molecule has 0 aliphatic rings. The van der Waals surface area contributed by atoms with Gasteiger partial charge in [-0.2, -0.15) is 0 Å². The first-order chi connectivity index (χ1) is 18.8. The van der Waals surface area contributed by atoms with Crippen LogP contribution in [0.2, 0.25) is 10.0 Å². The minimum Gasteiger partial charge on any atom is -0.480 e. The average Bonchev–Trinajstić information content (AvgIpc) is 2.91. The van der Waals surface area contributed by atoms with Gasteiger partial charge in [-0.05, 0) is 54.1 Å². The van der Waals surface area contributed by atoms with Gasteiger partial charge in [-0.25, -0.2) is 9.79 Å². The topological polar surface area (TPSA) is 117 Å². The monoisotopic (exact) mass is 578 g/mol. The fraction of sp³-hybridized carbons (Fsp3) is 0.0690. The van der Waals surface area contributed by atoms with Crippen molar-refractivity contribution in [3.63, 3.8) is 0 Å². The Balaban J connectivity index is 1.43. The van der Waals surface area contributed by atoms with Gasteiger partial charge in [0.1, 0.15) is 0 Å². The lowest BCUT2D eigenvalue weighted by atomic mass is 10.1. The number of carboxylic acid groups (broad SMARTS) is 1. The van der Waals surface area contributed by atoms with Crippen LogP contribution in [0.5, 0.6) is 0 Å². The summed E-state index contributed by atoms with van der Waals surface area (Å²) in [5.41, 5.74) is 8.22. The van der Waals surface area contributed by atoms with Crippen molar-refractivity contribution in [1.82, 2.24) is 0 Å². The smallest absolute Gasteiger partial charge is 0.328 e. The number of anilines is 2. The number of benzene rings is 4. The quantitative estimate of drug-likeness (QED) is 0.128. The number of rotatable bonds is 9. The van der Waals surface area contributed by atoms with Crippen LogP contribution in [-0.2, 0) is 11.2 Å². The molecular formula is C29H24Cl2N4O3S. The molecule has 0 fully saturated rings. The molecule has 0 unspecified atom stereocenters. The molecule has 0 saturated carbocycles. The third kappa shape index (κ3) is 7.77. The Bertz CT molecular complexity index is 1480. The number of carbonyl (C=O) groups is 2. The van der Waals surface area contributed by atoms with Crippen LogP contribution in [-0.4, -0.2) is 29.0 Å². The summed E-state index contributed by atoms with van der Waals surface area (Å²) in [6.45, 7) is 0. The number of hydrogen-bond donors (Lipinski definition) is 4. The molecule has 0 saturated heterocycles. The molecule has 0 aliphatic carbocycles. The van der Waals surface area contributed by atoms with Gasteiger partial charge in [-0.1, -0.05) is 83.5 Å². The van der Waals surface area contributed by atoms with Crippen LogP contribution in [0.25, 0.3) is 0 Å². The molecule has 1 amide bonds. The number of aliphatic imine (C=N–C) groups is 1. The molecular weight excluding hydrogens is 555 g/mol. The Morgan fingerprint density at radius 1 is 0.846 bits per heavy atom. The van der Waals surface area contributed by atoms with Crippen molar-refractivity contribution >= 4 is 64.2 Å². The number of para-hydroxylation sites is 1. The van der Waals surface area contributed by atoms with Crippen molar-refractivity contribution in [3.8, 4) is 0 Å². The summed E-state index contributed by atoms with van der Waals surface area (Å²) >= 11 is 13.8. The van der Waals surface area contributed by atoms with E-state index >= 15 is 0 Å². The van der Waals surface area contributed by atoms with Crippen molar-refractivity contribution in [1.29, 1.82) is 0 Å². The van der Waals surface area contributed by atoms with E-state index in [1.165, 1.54) is 0 Å². The predicted octanol–water partition coefficient (Wildman–Crippen LogP) is 6.82. The zero-order chi connectivity index (χ0) is 27.8. The number of nitrogens with two attached hydrogens (primary N) is 1. The number of hydrogen-bond acceptors (Lipinski definition) is 4. The largest absolute Gasteiger partial charge is 0.480 e. The van der Waals surface area contributed by atoms with Gasteiger partial charge in [0, 0.05) is 21.9 Å². The Morgan fingerprint density at radius 2 is 1.49 bits per heavy atom. The van der Waals surface area contributed by atoms with Gasteiger partial charge in [-0.15, -0.1) is 0 Å². The van der Waals surface area contributed by atoms with E-state index in [1.807, 2.05) is 54.6 Å². The van der Waals surface area contributed by atoms with E-state index < -0.39 is 17.9 Å². The molecule has 198 valence electrons. The van der Waals surface area contributed by atoms with Crippen LogP contribution < -0.4 is 16.4 Å². The molecule has 5 N–H and O–H groups in total. The first kappa shape index (κ1) is 28.0. The number of nitrogens with one attached hydrogen (secondary N) is 2. The molecule has 4 rings (SSSR count). The Hall–Kier alpha value is -3.98. The molecule has 0 aliphatic heterocycles. The number of halogens is 2. The fourth-order valence-corrected chi connectivity index (χ4v) is 5.15. The van der Waals surface area contributed by atoms with Crippen LogP contribution in [0.3, 0.4) is 0 Å². The molecule has 0 aromatic heterocycles. The summed E-state index contributed by atoms with van der Waals surface area (Å²) in [5, 5.41) is 16.0. The highest BCUT2D eigenvalue weighted by atomic mass is 35.5. The van der Waals surface area contributed by atoms with Crippen molar-refractivity contribution in [2.75, 3.05) is 10.6 Å². The molecule has 0 spiro atoms. The van der Waals surface area contributed by atoms with Gasteiger partial charge in [0.25, 0.3) is 5.91 Å². The highest BCUT2D eigenvalue weighted by Gasteiger charge is 2.19.